The summed E-state index contributed by atoms with van der Waals surface area (Å²) in [5, 5.41) is 38.2. The zero-order valence-corrected chi connectivity index (χ0v) is 24.8. The summed E-state index contributed by atoms with van der Waals surface area (Å²) in [7, 11) is 0. The van der Waals surface area contributed by atoms with Crippen LogP contribution in [0.2, 0.25) is 0 Å². The number of hydrogen-bond donors (Lipinski definition) is 2. The molecule has 3 saturated carbocycles. The topological polar surface area (TPSA) is 131 Å². The Bertz CT molecular complexity index is 1500. The van der Waals surface area contributed by atoms with Gasteiger partial charge in [0.1, 0.15) is 5.69 Å². The largest absolute Gasteiger partial charge is 0.393 e. The summed E-state index contributed by atoms with van der Waals surface area (Å²) in [5.74, 6) is 1.92. The van der Waals surface area contributed by atoms with Gasteiger partial charge in [-0.2, -0.15) is 5.10 Å². The molecular weight excluding hydrogens is 544 g/mol. The van der Waals surface area contributed by atoms with Crippen molar-refractivity contribution in [1.29, 1.82) is 0 Å². The molecule has 0 amide bonds. The smallest absolute Gasteiger partial charge is 0.301 e. The van der Waals surface area contributed by atoms with E-state index in [2.05, 4.69) is 25.3 Å². The Hall–Kier alpha value is -3.85. The summed E-state index contributed by atoms with van der Waals surface area (Å²) in [4.78, 5) is 21.8. The number of hydrogen-bond acceptors (Lipinski definition) is 7. The highest BCUT2D eigenvalue weighted by atomic mass is 16.6. The van der Waals surface area contributed by atoms with E-state index in [4.69, 9.17) is 5.10 Å². The average Bonchev–Trinajstić information content (AvgIpc) is 3.35. The van der Waals surface area contributed by atoms with Crippen LogP contribution in [0.1, 0.15) is 70.8 Å². The van der Waals surface area contributed by atoms with E-state index in [1.54, 1.807) is 0 Å². The molecule has 7 atom stereocenters. The first-order valence-corrected chi connectivity index (χ1v) is 15.5. The lowest BCUT2D eigenvalue weighted by Crippen LogP contribution is -2.51. The molecule has 0 aliphatic heterocycles. The number of allylic oxidation sites excluding steroid dienone is 2. The van der Waals surface area contributed by atoms with Crippen molar-refractivity contribution >= 4 is 28.8 Å². The highest BCUT2D eigenvalue weighted by molar-refractivity contribution is 6.01. The number of nitrogens with one attached hydrogen (secondary N) is 1. The molecule has 0 saturated heterocycles. The molecule has 0 heterocycles. The highest BCUT2D eigenvalue weighted by Crippen LogP contribution is 2.66. The van der Waals surface area contributed by atoms with Gasteiger partial charge in [-0.1, -0.05) is 61.9 Å². The number of hydrazone groups is 1. The zero-order valence-electron chi connectivity index (χ0n) is 24.8. The zero-order chi connectivity index (χ0) is 30.4. The van der Waals surface area contributed by atoms with E-state index in [1.807, 2.05) is 42.5 Å². The number of benzene rings is 2. The first-order chi connectivity index (χ1) is 20.6. The van der Waals surface area contributed by atoms with Gasteiger partial charge in [-0.05, 0) is 97.7 Å². The fourth-order valence-corrected chi connectivity index (χ4v) is 9.11. The Balaban J connectivity index is 1.33. The number of aliphatic hydroxyl groups is 1. The number of aliphatic hydroxyl groups excluding tert-OH is 1. The van der Waals surface area contributed by atoms with Gasteiger partial charge in [-0.15, -0.1) is 0 Å². The lowest BCUT2D eigenvalue weighted by molar-refractivity contribution is -0.393. The maximum atomic E-state index is 11.8. The van der Waals surface area contributed by atoms with Crippen molar-refractivity contribution < 1.29 is 15.0 Å². The van der Waals surface area contributed by atoms with Crippen LogP contribution in [0.5, 0.6) is 0 Å². The molecular formula is C34H40N4O5. The minimum Gasteiger partial charge on any atom is -0.393 e. The number of nitro groups is 2. The van der Waals surface area contributed by atoms with E-state index in [-0.39, 0.29) is 39.9 Å². The molecule has 43 heavy (non-hydrogen) atoms. The number of nitro benzene ring substituents is 2. The molecule has 2 N–H and O–H groups in total. The van der Waals surface area contributed by atoms with E-state index in [1.165, 1.54) is 17.7 Å². The number of rotatable bonds is 7. The van der Waals surface area contributed by atoms with E-state index in [9.17, 15) is 25.3 Å². The summed E-state index contributed by atoms with van der Waals surface area (Å²) in [6.45, 7) is 4.85. The predicted molar refractivity (Wildman–Crippen MR) is 167 cm³/mol. The molecule has 0 radical (unpaired) electrons. The highest BCUT2D eigenvalue weighted by Gasteiger charge is 2.59. The Morgan fingerprint density at radius 2 is 1.79 bits per heavy atom. The summed E-state index contributed by atoms with van der Waals surface area (Å²) in [5.41, 5.74) is 5.89. The molecule has 226 valence electrons. The van der Waals surface area contributed by atoms with Crippen LogP contribution < -0.4 is 5.43 Å². The van der Waals surface area contributed by atoms with Crippen molar-refractivity contribution in [3.05, 3.63) is 92.0 Å². The molecule has 0 spiro atoms. The number of fused-ring (bicyclic) bond motifs is 5. The molecule has 0 bridgehead atoms. The van der Waals surface area contributed by atoms with Gasteiger partial charge in [-0.3, -0.25) is 25.7 Å². The Morgan fingerprint density at radius 1 is 1.00 bits per heavy atom. The van der Waals surface area contributed by atoms with Crippen molar-refractivity contribution in [2.24, 2.45) is 39.6 Å². The van der Waals surface area contributed by atoms with Crippen LogP contribution >= 0.6 is 0 Å². The third-order valence-electron chi connectivity index (χ3n) is 11.4. The second-order valence-electron chi connectivity index (χ2n) is 13.4. The minimum atomic E-state index is -0.636. The molecule has 4 aliphatic carbocycles. The summed E-state index contributed by atoms with van der Waals surface area (Å²) in [6, 6.07) is 13.6. The Morgan fingerprint density at radius 3 is 2.53 bits per heavy atom. The van der Waals surface area contributed by atoms with Gasteiger partial charge in [0.25, 0.3) is 5.69 Å². The van der Waals surface area contributed by atoms with Crippen molar-refractivity contribution in [3.63, 3.8) is 0 Å². The SMILES string of the molecule is C[C@]12CC[C@H]3[C@@H](CC=C4C[C@@H](O)CC[C@@]43C)[C@@H]1CC[C@@H]2C(/C=C/c1ccccc1)=N/Nc1ccc([N+](=O)[O-])cc1[N+](=O)[O-]. The second-order valence-corrected chi connectivity index (χ2v) is 13.4. The second kappa shape index (κ2) is 11.3. The van der Waals surface area contributed by atoms with Crippen molar-refractivity contribution in [2.45, 2.75) is 71.3 Å². The summed E-state index contributed by atoms with van der Waals surface area (Å²) < 4.78 is 0. The maximum Gasteiger partial charge on any atom is 0.301 e. The molecule has 6 rings (SSSR count). The molecule has 9 heteroatoms. The predicted octanol–water partition coefficient (Wildman–Crippen LogP) is 7.92. The fourth-order valence-electron chi connectivity index (χ4n) is 9.11. The first-order valence-electron chi connectivity index (χ1n) is 15.5. The van der Waals surface area contributed by atoms with Crippen LogP contribution in [0.3, 0.4) is 0 Å². The normalized spacial score (nSPS) is 33.7. The molecule has 0 unspecified atom stereocenters. The van der Waals surface area contributed by atoms with Gasteiger partial charge in [0.2, 0.25) is 0 Å². The third-order valence-corrected chi connectivity index (χ3v) is 11.4. The molecule has 0 aromatic heterocycles. The van der Waals surface area contributed by atoms with Gasteiger partial charge in [0, 0.05) is 12.0 Å². The van der Waals surface area contributed by atoms with E-state index >= 15 is 0 Å². The molecule has 4 aliphatic rings. The molecule has 2 aromatic carbocycles. The average molecular weight is 585 g/mol. The lowest BCUT2D eigenvalue weighted by Gasteiger charge is -2.58. The molecule has 3 fully saturated rings. The first kappa shape index (κ1) is 29.2. The third kappa shape index (κ3) is 5.28. The van der Waals surface area contributed by atoms with Crippen LogP contribution in [-0.4, -0.2) is 26.8 Å². The fraction of sp³-hybridized carbons (Fsp3) is 0.500. The van der Waals surface area contributed by atoms with Crippen LogP contribution in [0.25, 0.3) is 6.08 Å². The van der Waals surface area contributed by atoms with E-state index in [0.29, 0.717) is 17.8 Å². The van der Waals surface area contributed by atoms with E-state index < -0.39 is 9.85 Å². The maximum absolute atomic E-state index is 11.8. The number of anilines is 1. The standard InChI is InChI=1S/C34H40N4O5/c1-33-18-16-25(39)20-23(33)9-11-26-27-12-13-29(34(27,2)19-17-28(26)33)30(14-8-22-6-4-3-5-7-22)35-36-31-15-10-24(37(40)41)21-32(31)38(42)43/h3-10,14-15,21,25-29,36,39H,11-13,16-20H2,1-2H3/b14-8+,35-30+/t25-,26-,27-,28-,29+,33-,34-/m0/s1. The van der Waals surface area contributed by atoms with Gasteiger partial charge < -0.3 is 5.11 Å². The Kier molecular flexibility index (Phi) is 7.71. The summed E-state index contributed by atoms with van der Waals surface area (Å²) in [6.07, 6.45) is 14.4. The monoisotopic (exact) mass is 584 g/mol. The van der Waals surface area contributed by atoms with Crippen molar-refractivity contribution in [1.82, 2.24) is 0 Å². The van der Waals surface area contributed by atoms with Gasteiger partial charge in [0.05, 0.1) is 27.7 Å². The van der Waals surface area contributed by atoms with Crippen LogP contribution in [0.15, 0.2) is 71.4 Å². The number of nitrogens with zero attached hydrogens (tertiary/aromatic N) is 3. The summed E-state index contributed by atoms with van der Waals surface area (Å²) >= 11 is 0. The Labute approximate surface area is 252 Å². The molecule has 2 aromatic rings. The molecule has 9 nitrogen and oxygen atoms in total. The van der Waals surface area contributed by atoms with Crippen LogP contribution in [-0.2, 0) is 0 Å². The van der Waals surface area contributed by atoms with E-state index in [0.717, 1.165) is 68.7 Å². The van der Waals surface area contributed by atoms with Crippen LogP contribution in [0.4, 0.5) is 17.1 Å². The van der Waals surface area contributed by atoms with Crippen molar-refractivity contribution in [2.75, 3.05) is 5.43 Å². The van der Waals surface area contributed by atoms with Crippen molar-refractivity contribution in [3.8, 4) is 0 Å². The van der Waals surface area contributed by atoms with Gasteiger partial charge in [-0.25, -0.2) is 0 Å². The minimum absolute atomic E-state index is 0.0278. The van der Waals surface area contributed by atoms with Gasteiger partial charge >= 0.3 is 5.69 Å². The quantitative estimate of drug-likeness (QED) is 0.147. The van der Waals surface area contributed by atoms with Gasteiger partial charge in [0.15, 0.2) is 0 Å². The lowest BCUT2D eigenvalue weighted by atomic mass is 9.47. The number of non-ortho nitro benzene ring substituents is 1. The van der Waals surface area contributed by atoms with Crippen LogP contribution in [0, 0.1) is 54.7 Å².